The van der Waals surface area contributed by atoms with E-state index in [0.717, 1.165) is 19.8 Å². The zero-order chi connectivity index (χ0) is 6.69. The Hall–Kier alpha value is 0.650. The molecule has 0 aliphatic carbocycles. The molecule has 1 aliphatic rings. The lowest BCUT2D eigenvalue weighted by Crippen LogP contribution is -2.33. The first-order valence-electron chi connectivity index (χ1n) is 3.14. The average Bonchev–Trinajstić information content (AvgIpc) is 1.90. The second-order valence-corrected chi connectivity index (χ2v) is 4.13. The number of ether oxygens (including phenoxy) is 2. The van der Waals surface area contributed by atoms with E-state index in [1.54, 1.807) is 0 Å². The average molecular weight is 242 g/mol. The number of hydrogen-bond donors (Lipinski definition) is 0. The molecule has 0 aromatic carbocycles. The summed E-state index contributed by atoms with van der Waals surface area (Å²) in [5, 5.41) is 0. The Kier molecular flexibility index (Phi) is 3.21. The van der Waals surface area contributed by atoms with Crippen LogP contribution in [0.25, 0.3) is 0 Å². The lowest BCUT2D eigenvalue weighted by Gasteiger charge is -2.24. The summed E-state index contributed by atoms with van der Waals surface area (Å²) in [6, 6.07) is 0. The molecule has 2 unspecified atom stereocenters. The summed E-state index contributed by atoms with van der Waals surface area (Å²) in [6.45, 7) is 4.43. The van der Waals surface area contributed by atoms with Gasteiger partial charge in [-0.25, -0.2) is 0 Å². The van der Waals surface area contributed by atoms with E-state index in [2.05, 4.69) is 29.5 Å². The smallest absolute Gasteiger partial charge is 0.0924 e. The molecule has 0 bridgehead atoms. The van der Waals surface area contributed by atoms with Gasteiger partial charge in [0.05, 0.1) is 25.9 Å². The number of rotatable bonds is 1. The lowest BCUT2D eigenvalue weighted by molar-refractivity contribution is -0.0847. The van der Waals surface area contributed by atoms with Crippen LogP contribution in [0.5, 0.6) is 0 Å². The highest BCUT2D eigenvalue weighted by Gasteiger charge is 2.18. The summed E-state index contributed by atoms with van der Waals surface area (Å²) in [5.74, 6) is 0. The molecular weight excluding hydrogens is 231 g/mol. The highest BCUT2D eigenvalue weighted by molar-refractivity contribution is 14.1. The molecule has 1 saturated heterocycles. The molecule has 3 heteroatoms. The van der Waals surface area contributed by atoms with Crippen LogP contribution in [0.15, 0.2) is 0 Å². The topological polar surface area (TPSA) is 18.5 Å². The molecule has 2 nitrogen and oxygen atoms in total. The molecule has 0 N–H and O–H groups in total. The molecule has 0 spiro atoms. The van der Waals surface area contributed by atoms with Crippen molar-refractivity contribution in [1.29, 1.82) is 0 Å². The number of hydrogen-bond acceptors (Lipinski definition) is 2. The van der Waals surface area contributed by atoms with E-state index in [0.29, 0.717) is 10.0 Å². The molecule has 1 fully saturated rings. The fraction of sp³-hybridized carbons (Fsp3) is 1.00. The van der Waals surface area contributed by atoms with Gasteiger partial charge < -0.3 is 9.47 Å². The highest BCUT2D eigenvalue weighted by atomic mass is 127. The highest BCUT2D eigenvalue weighted by Crippen LogP contribution is 2.12. The van der Waals surface area contributed by atoms with Gasteiger partial charge in [0.15, 0.2) is 0 Å². The normalized spacial score (nSPS) is 32.0. The zero-order valence-corrected chi connectivity index (χ0v) is 7.63. The third-order valence-corrected chi connectivity index (χ3v) is 2.16. The summed E-state index contributed by atoms with van der Waals surface area (Å²) in [6.07, 6.45) is 0.319. The minimum Gasteiger partial charge on any atom is -0.376 e. The van der Waals surface area contributed by atoms with Crippen molar-refractivity contribution < 1.29 is 9.47 Å². The maximum absolute atomic E-state index is 5.41. The molecule has 0 aromatic heterocycles. The Labute approximate surface area is 69.0 Å². The predicted octanol–water partition coefficient (Wildman–Crippen LogP) is 1.23. The van der Waals surface area contributed by atoms with Gasteiger partial charge in [0.25, 0.3) is 0 Å². The summed E-state index contributed by atoms with van der Waals surface area (Å²) in [5.41, 5.74) is 0. The van der Waals surface area contributed by atoms with E-state index >= 15 is 0 Å². The minimum atomic E-state index is 0.319. The molecule has 0 radical (unpaired) electrons. The molecule has 1 aliphatic heterocycles. The van der Waals surface area contributed by atoms with Gasteiger partial charge in [-0.15, -0.1) is 0 Å². The predicted molar refractivity (Wildman–Crippen MR) is 44.0 cm³/mol. The van der Waals surface area contributed by atoms with Gasteiger partial charge in [0.2, 0.25) is 0 Å². The van der Waals surface area contributed by atoms with Crippen molar-refractivity contribution in [3.05, 3.63) is 0 Å². The monoisotopic (exact) mass is 242 g/mol. The molecule has 0 amide bonds. The molecule has 1 rings (SSSR count). The largest absolute Gasteiger partial charge is 0.376 e. The van der Waals surface area contributed by atoms with Crippen LogP contribution in [0.1, 0.15) is 6.92 Å². The third-order valence-electron chi connectivity index (χ3n) is 1.35. The van der Waals surface area contributed by atoms with Crippen molar-refractivity contribution in [2.45, 2.75) is 17.0 Å². The van der Waals surface area contributed by atoms with Crippen molar-refractivity contribution >= 4 is 22.6 Å². The van der Waals surface area contributed by atoms with E-state index in [4.69, 9.17) is 9.47 Å². The van der Waals surface area contributed by atoms with Crippen LogP contribution in [0.2, 0.25) is 0 Å². The van der Waals surface area contributed by atoms with Crippen LogP contribution in [0, 0.1) is 0 Å². The molecule has 0 aromatic rings. The van der Waals surface area contributed by atoms with Gasteiger partial charge in [-0.3, -0.25) is 0 Å². The van der Waals surface area contributed by atoms with E-state index in [1.807, 2.05) is 0 Å². The fourth-order valence-corrected chi connectivity index (χ4v) is 1.19. The summed E-state index contributed by atoms with van der Waals surface area (Å²) < 4.78 is 11.2. The van der Waals surface area contributed by atoms with Crippen molar-refractivity contribution in [3.8, 4) is 0 Å². The van der Waals surface area contributed by atoms with Crippen molar-refractivity contribution in [2.24, 2.45) is 0 Å². The van der Waals surface area contributed by atoms with Gasteiger partial charge in [-0.05, 0) is 0 Å². The fourth-order valence-electron chi connectivity index (χ4n) is 0.771. The third kappa shape index (κ3) is 2.39. The van der Waals surface area contributed by atoms with Gasteiger partial charge >= 0.3 is 0 Å². The van der Waals surface area contributed by atoms with Gasteiger partial charge in [0, 0.05) is 3.92 Å². The molecule has 2 atom stereocenters. The van der Waals surface area contributed by atoms with E-state index < -0.39 is 0 Å². The first kappa shape index (κ1) is 7.75. The van der Waals surface area contributed by atoms with Crippen LogP contribution in [-0.2, 0) is 9.47 Å². The Morgan fingerprint density at radius 1 is 1.56 bits per heavy atom. The summed E-state index contributed by atoms with van der Waals surface area (Å²) >= 11 is 2.36. The Morgan fingerprint density at radius 2 is 2.33 bits per heavy atom. The Morgan fingerprint density at radius 3 is 2.67 bits per heavy atom. The van der Waals surface area contributed by atoms with E-state index in [-0.39, 0.29) is 0 Å². The quantitative estimate of drug-likeness (QED) is 0.508. The molecular formula is C6H11IO2. The maximum Gasteiger partial charge on any atom is 0.0924 e. The van der Waals surface area contributed by atoms with Gasteiger partial charge in [-0.2, -0.15) is 0 Å². The van der Waals surface area contributed by atoms with E-state index in [9.17, 15) is 0 Å². The SMILES string of the molecule is CC(I)C1COCCO1. The van der Waals surface area contributed by atoms with Crippen molar-refractivity contribution in [3.63, 3.8) is 0 Å². The van der Waals surface area contributed by atoms with Gasteiger partial charge in [0.1, 0.15) is 0 Å². The maximum atomic E-state index is 5.41. The van der Waals surface area contributed by atoms with Gasteiger partial charge in [-0.1, -0.05) is 29.5 Å². The standard InChI is InChI=1S/C6H11IO2/c1-5(7)6-4-8-2-3-9-6/h5-6H,2-4H2,1H3. The van der Waals surface area contributed by atoms with Crippen molar-refractivity contribution in [2.75, 3.05) is 19.8 Å². The van der Waals surface area contributed by atoms with Crippen LogP contribution >= 0.6 is 22.6 Å². The molecule has 9 heavy (non-hydrogen) atoms. The van der Waals surface area contributed by atoms with E-state index in [1.165, 1.54) is 0 Å². The zero-order valence-electron chi connectivity index (χ0n) is 5.47. The number of alkyl halides is 1. The molecule has 0 saturated carbocycles. The second-order valence-electron chi connectivity index (χ2n) is 2.16. The van der Waals surface area contributed by atoms with Crippen LogP contribution in [-0.4, -0.2) is 29.8 Å². The van der Waals surface area contributed by atoms with Crippen LogP contribution < -0.4 is 0 Å². The molecule has 54 valence electrons. The summed E-state index contributed by atoms with van der Waals surface area (Å²) in [4.78, 5) is 0. The Bertz CT molecular complexity index is 79.1. The second kappa shape index (κ2) is 3.73. The molecule has 1 heterocycles. The van der Waals surface area contributed by atoms with Crippen LogP contribution in [0.4, 0.5) is 0 Å². The lowest BCUT2D eigenvalue weighted by atomic mass is 10.3. The first-order valence-corrected chi connectivity index (χ1v) is 4.38. The van der Waals surface area contributed by atoms with Crippen molar-refractivity contribution in [1.82, 2.24) is 0 Å². The minimum absolute atomic E-state index is 0.319. The Balaban J connectivity index is 2.23. The first-order chi connectivity index (χ1) is 4.30. The van der Waals surface area contributed by atoms with Crippen LogP contribution in [0.3, 0.4) is 0 Å². The number of halogens is 1. The summed E-state index contributed by atoms with van der Waals surface area (Å²) in [7, 11) is 0.